The lowest BCUT2D eigenvalue weighted by molar-refractivity contribution is -0.290. The van der Waals surface area contributed by atoms with Gasteiger partial charge in [0.2, 0.25) is 11.7 Å². The molecule has 2 heterocycles. The van der Waals surface area contributed by atoms with Gasteiger partial charge in [-0.05, 0) is 50.0 Å². The minimum atomic E-state index is -2.26. The molecule has 1 unspecified atom stereocenters. The first-order valence-electron chi connectivity index (χ1n) is 15.3. The van der Waals surface area contributed by atoms with Gasteiger partial charge in [0.1, 0.15) is 12.2 Å². The van der Waals surface area contributed by atoms with Crippen molar-refractivity contribution in [3.8, 4) is 0 Å². The van der Waals surface area contributed by atoms with E-state index in [1.54, 1.807) is 27.7 Å². The second kappa shape index (κ2) is 11.3. The molecule has 2 saturated carbocycles. The van der Waals surface area contributed by atoms with Crippen LogP contribution in [0.2, 0.25) is 0 Å². The van der Waals surface area contributed by atoms with Gasteiger partial charge in [-0.3, -0.25) is 9.59 Å². The summed E-state index contributed by atoms with van der Waals surface area (Å²) in [7, 11) is 1.09. The molecule has 1 spiro atoms. The summed E-state index contributed by atoms with van der Waals surface area (Å²) in [6.07, 6.45) is -5.21. The van der Waals surface area contributed by atoms with Crippen LogP contribution in [0.25, 0.3) is 0 Å². The van der Waals surface area contributed by atoms with Crippen molar-refractivity contribution >= 4 is 29.7 Å². The van der Waals surface area contributed by atoms with Crippen LogP contribution in [0.15, 0.2) is 23.0 Å². The first-order chi connectivity index (χ1) is 21.0. The highest BCUT2D eigenvalue weighted by Gasteiger charge is 2.85. The number of ether oxygens (including phenoxy) is 5. The van der Waals surface area contributed by atoms with Crippen LogP contribution < -0.4 is 5.73 Å². The summed E-state index contributed by atoms with van der Waals surface area (Å²) in [6, 6.07) is -0.467. The Balaban J connectivity index is 1.63. The van der Waals surface area contributed by atoms with Gasteiger partial charge in [0.25, 0.3) is 0 Å². The number of carbonyl (C=O) groups excluding carboxylic acids is 5. The molecular weight excluding hydrogens is 590 g/mol. The predicted octanol–water partition coefficient (Wildman–Crippen LogP) is 0.876. The van der Waals surface area contributed by atoms with Crippen molar-refractivity contribution < 1.29 is 57.9 Å². The second-order valence-electron chi connectivity index (χ2n) is 14.1. The molecule has 2 bridgehead atoms. The fourth-order valence-electron chi connectivity index (χ4n) is 8.96. The van der Waals surface area contributed by atoms with E-state index in [0.29, 0.717) is 11.1 Å². The van der Waals surface area contributed by atoms with Gasteiger partial charge in [-0.15, -0.1) is 0 Å². The molecule has 0 amide bonds. The Kier molecular flexibility index (Phi) is 8.34. The lowest BCUT2D eigenvalue weighted by Crippen LogP contribution is -2.79. The number of nitrogens with two attached hydrogens (primary N) is 1. The number of hydrogen-bond donors (Lipinski definition) is 3. The SMILES string of the molecule is COC(=O)[C@@]12OC[C@]34C([C@@H](O)[C@@H]1O)[C@@]1(C)CC(=O)C(OC(=O)C[C@@H](N)C(C)C)=C(C)[C@@H]1C[C@H]3OC(=O)[C@H](OC(=O)C=C(C)C)[C@@H]24. The van der Waals surface area contributed by atoms with E-state index in [1.165, 1.54) is 6.08 Å². The van der Waals surface area contributed by atoms with Crippen LogP contribution in [0.5, 0.6) is 0 Å². The Morgan fingerprint density at radius 2 is 1.82 bits per heavy atom. The number of esters is 4. The fourth-order valence-corrected chi connectivity index (χ4v) is 8.96. The van der Waals surface area contributed by atoms with Crippen LogP contribution in [-0.4, -0.2) is 89.6 Å². The summed E-state index contributed by atoms with van der Waals surface area (Å²) in [4.78, 5) is 66.5. The van der Waals surface area contributed by atoms with Gasteiger partial charge in [0, 0.05) is 29.9 Å². The standard InChI is InChI=1S/C32H43NO12/c1-13(2)8-20(35)45-24-26-31-12-42-32(26,29(40)41-7)27(38)22(37)25(31)30(6)11-18(34)23(44-21(36)10-17(33)14(3)4)15(5)16(30)9-19(31)43-28(24)39/h8,14,16-17,19,22,24-27,37-38H,9-12,33H2,1-7H3/t16-,17+,19+,22+,24+,25?,26+,27-,30-,31+,32-/m0/s1. The highest BCUT2D eigenvalue weighted by Crippen LogP contribution is 2.72. The largest absolute Gasteiger partial charge is 0.467 e. The molecule has 4 N–H and O–H groups in total. The summed E-state index contributed by atoms with van der Waals surface area (Å²) < 4.78 is 28.4. The Morgan fingerprint density at radius 3 is 2.42 bits per heavy atom. The zero-order chi connectivity index (χ0) is 33.4. The number of ketones is 1. The van der Waals surface area contributed by atoms with Crippen LogP contribution in [0.4, 0.5) is 0 Å². The summed E-state index contributed by atoms with van der Waals surface area (Å²) in [6.45, 7) is 10.3. The lowest BCUT2D eigenvalue weighted by atomic mass is 9.38. The van der Waals surface area contributed by atoms with Crippen molar-refractivity contribution in [3.63, 3.8) is 0 Å². The Labute approximate surface area is 261 Å². The molecule has 2 aliphatic heterocycles. The molecule has 3 aliphatic carbocycles. The van der Waals surface area contributed by atoms with Crippen LogP contribution in [0.1, 0.15) is 60.8 Å². The third-order valence-corrected chi connectivity index (χ3v) is 10.9. The van der Waals surface area contributed by atoms with Gasteiger partial charge >= 0.3 is 23.9 Å². The summed E-state index contributed by atoms with van der Waals surface area (Å²) >= 11 is 0. The summed E-state index contributed by atoms with van der Waals surface area (Å²) in [5.74, 6) is -6.92. The van der Waals surface area contributed by atoms with E-state index in [0.717, 1.165) is 7.11 Å². The number of hydrogen-bond acceptors (Lipinski definition) is 13. The zero-order valence-electron chi connectivity index (χ0n) is 26.7. The van der Waals surface area contributed by atoms with Crippen LogP contribution in [-0.2, 0) is 47.7 Å². The zero-order valence-corrected chi connectivity index (χ0v) is 26.7. The first kappa shape index (κ1) is 33.2. The summed E-state index contributed by atoms with van der Waals surface area (Å²) in [5, 5.41) is 23.6. The van der Waals surface area contributed by atoms with Crippen LogP contribution in [0, 0.1) is 34.5 Å². The van der Waals surface area contributed by atoms with Crippen molar-refractivity contribution in [2.24, 2.45) is 40.2 Å². The van der Waals surface area contributed by atoms with E-state index in [9.17, 15) is 34.2 Å². The number of allylic oxidation sites excluding steroid dienone is 3. The normalized spacial score (nSPS) is 40.6. The molecule has 11 atom stereocenters. The third-order valence-electron chi connectivity index (χ3n) is 10.9. The van der Waals surface area contributed by atoms with Gasteiger partial charge in [-0.2, -0.15) is 0 Å². The second-order valence-corrected chi connectivity index (χ2v) is 14.1. The van der Waals surface area contributed by atoms with E-state index < -0.39 is 94.3 Å². The molecule has 2 saturated heterocycles. The minimum Gasteiger partial charge on any atom is -0.467 e. The molecule has 0 aromatic rings. The van der Waals surface area contributed by atoms with Crippen molar-refractivity contribution in [2.75, 3.05) is 13.7 Å². The molecule has 45 heavy (non-hydrogen) atoms. The van der Waals surface area contributed by atoms with Crippen molar-refractivity contribution in [3.05, 3.63) is 23.0 Å². The Bertz CT molecular complexity index is 1380. The quantitative estimate of drug-likeness (QED) is 0.203. The fraction of sp³-hybridized carbons (Fsp3) is 0.719. The predicted molar refractivity (Wildman–Crippen MR) is 153 cm³/mol. The average molecular weight is 634 g/mol. The maximum atomic E-state index is 13.7. The molecule has 5 aliphatic rings. The van der Waals surface area contributed by atoms with Gasteiger partial charge in [0.05, 0.1) is 32.2 Å². The maximum absolute atomic E-state index is 13.7. The van der Waals surface area contributed by atoms with E-state index in [1.807, 2.05) is 13.8 Å². The average Bonchev–Trinajstić information content (AvgIpc) is 3.25. The van der Waals surface area contributed by atoms with Gasteiger partial charge in [-0.1, -0.05) is 26.3 Å². The molecule has 13 nitrogen and oxygen atoms in total. The number of aliphatic hydroxyl groups excluding tert-OH is 2. The molecule has 13 heteroatoms. The topological polar surface area (TPSA) is 198 Å². The molecule has 0 aromatic heterocycles. The monoisotopic (exact) mass is 633 g/mol. The molecule has 0 aromatic carbocycles. The van der Waals surface area contributed by atoms with Gasteiger partial charge in [-0.25, -0.2) is 14.4 Å². The van der Waals surface area contributed by atoms with Crippen molar-refractivity contribution in [2.45, 2.75) is 96.9 Å². The number of methoxy groups -OCH3 is 1. The van der Waals surface area contributed by atoms with E-state index in [4.69, 9.17) is 29.4 Å². The number of aliphatic hydroxyl groups is 2. The number of Topliss-reactive ketones (excluding diaryl/α,β-unsaturated/α-hetero) is 1. The number of rotatable bonds is 7. The molecule has 4 fully saturated rings. The molecule has 248 valence electrons. The molecular formula is C32H43NO12. The van der Waals surface area contributed by atoms with Crippen molar-refractivity contribution in [1.29, 1.82) is 0 Å². The van der Waals surface area contributed by atoms with E-state index in [2.05, 4.69) is 0 Å². The van der Waals surface area contributed by atoms with Crippen molar-refractivity contribution in [1.82, 2.24) is 0 Å². The maximum Gasteiger partial charge on any atom is 0.348 e. The molecule has 0 radical (unpaired) electrons. The van der Waals surface area contributed by atoms with Gasteiger partial charge < -0.3 is 39.6 Å². The molecule has 5 rings (SSSR count). The number of carbonyl (C=O) groups is 5. The van der Waals surface area contributed by atoms with E-state index in [-0.39, 0.29) is 37.5 Å². The minimum absolute atomic E-state index is 0.0107. The van der Waals surface area contributed by atoms with E-state index >= 15 is 0 Å². The van der Waals surface area contributed by atoms with Crippen LogP contribution in [0.3, 0.4) is 0 Å². The Hall–Kier alpha value is -3.13. The Morgan fingerprint density at radius 1 is 1.16 bits per heavy atom. The number of fused-ring (bicyclic) bond motifs is 2. The first-order valence-corrected chi connectivity index (χ1v) is 15.3. The lowest BCUT2D eigenvalue weighted by Gasteiger charge is -2.67. The highest BCUT2D eigenvalue weighted by molar-refractivity contribution is 5.98. The third kappa shape index (κ3) is 4.68. The summed E-state index contributed by atoms with van der Waals surface area (Å²) in [5.41, 5.74) is 2.37. The smallest absolute Gasteiger partial charge is 0.348 e. The highest BCUT2D eigenvalue weighted by atomic mass is 16.6. The van der Waals surface area contributed by atoms with Gasteiger partial charge in [0.15, 0.2) is 11.5 Å². The van der Waals surface area contributed by atoms with Crippen LogP contribution >= 0.6 is 0 Å².